The Kier molecular flexibility index (Phi) is 2.89. The Balaban J connectivity index is 1.93. The van der Waals surface area contributed by atoms with E-state index in [0.29, 0.717) is 6.42 Å². The minimum absolute atomic E-state index is 0.00880. The Hall–Kier alpha value is -2.00. The van der Waals surface area contributed by atoms with Crippen LogP contribution in [0.1, 0.15) is 40.7 Å². The van der Waals surface area contributed by atoms with Crippen molar-refractivity contribution in [1.29, 1.82) is 0 Å². The van der Waals surface area contributed by atoms with Gasteiger partial charge in [0.2, 0.25) is 0 Å². The summed E-state index contributed by atoms with van der Waals surface area (Å²) in [5.41, 5.74) is 4.35. The van der Waals surface area contributed by atoms with Crippen molar-refractivity contribution in [3.63, 3.8) is 0 Å². The first kappa shape index (κ1) is 12.7. The van der Waals surface area contributed by atoms with E-state index in [0.717, 1.165) is 23.1 Å². The first-order chi connectivity index (χ1) is 10.2. The van der Waals surface area contributed by atoms with Crippen LogP contribution < -0.4 is 0 Å². The molecule has 0 spiro atoms. The van der Waals surface area contributed by atoms with Gasteiger partial charge in [-0.15, -0.1) is 0 Å². The van der Waals surface area contributed by atoms with Gasteiger partial charge in [-0.25, -0.2) is 4.39 Å². The summed E-state index contributed by atoms with van der Waals surface area (Å²) in [5.74, 6) is -0.143. The second kappa shape index (κ2) is 4.78. The number of Topliss-reactive ketones (excluding diaryl/α,β-unsaturated/α-hetero) is 1. The number of carbonyl (C=O) groups is 1. The predicted molar refractivity (Wildman–Crippen MR) is 76.7 cm³/mol. The summed E-state index contributed by atoms with van der Waals surface area (Å²) in [5, 5.41) is 0. The zero-order chi connectivity index (χ0) is 14.4. The van der Waals surface area contributed by atoms with E-state index in [2.05, 4.69) is 12.1 Å². The van der Waals surface area contributed by atoms with Crippen LogP contribution in [0.15, 0.2) is 42.5 Å². The fraction of sp³-hybridized carbons (Fsp3) is 0.278. The number of ether oxygens (including phenoxy) is 1. The average Bonchev–Trinajstić information content (AvgIpc) is 2.62. The summed E-state index contributed by atoms with van der Waals surface area (Å²) in [6, 6.07) is 13.1. The third kappa shape index (κ3) is 2.09. The molecular formula is C18H15FO2. The topological polar surface area (TPSA) is 26.3 Å². The lowest BCUT2D eigenvalue weighted by atomic mass is 9.83. The van der Waals surface area contributed by atoms with Gasteiger partial charge in [0.1, 0.15) is 12.4 Å². The summed E-state index contributed by atoms with van der Waals surface area (Å²) in [4.78, 5) is 11.8. The largest absolute Gasteiger partial charge is 0.365 e. The van der Waals surface area contributed by atoms with Gasteiger partial charge in [-0.2, -0.15) is 0 Å². The fourth-order valence-electron chi connectivity index (χ4n) is 3.54. The van der Waals surface area contributed by atoms with Gasteiger partial charge < -0.3 is 4.74 Å². The normalized spacial score (nSPS) is 23.8. The Labute approximate surface area is 122 Å². The van der Waals surface area contributed by atoms with Gasteiger partial charge in [-0.1, -0.05) is 30.3 Å². The Morgan fingerprint density at radius 3 is 2.76 bits per heavy atom. The van der Waals surface area contributed by atoms with Gasteiger partial charge in [-0.3, -0.25) is 4.79 Å². The van der Waals surface area contributed by atoms with Gasteiger partial charge in [0.25, 0.3) is 0 Å². The molecule has 2 aromatic rings. The maximum absolute atomic E-state index is 13.7. The van der Waals surface area contributed by atoms with Crippen molar-refractivity contribution < 1.29 is 13.9 Å². The summed E-state index contributed by atoms with van der Waals surface area (Å²) in [7, 11) is 0. The van der Waals surface area contributed by atoms with Crippen LogP contribution >= 0.6 is 0 Å². The fourth-order valence-corrected chi connectivity index (χ4v) is 3.54. The average molecular weight is 282 g/mol. The van der Waals surface area contributed by atoms with Gasteiger partial charge in [0, 0.05) is 12.3 Å². The molecule has 0 bridgehead atoms. The lowest BCUT2D eigenvalue weighted by Crippen LogP contribution is -2.27. The van der Waals surface area contributed by atoms with Crippen molar-refractivity contribution in [3.8, 4) is 0 Å². The van der Waals surface area contributed by atoms with Crippen LogP contribution in [0.3, 0.4) is 0 Å². The monoisotopic (exact) mass is 282 g/mol. The highest BCUT2D eigenvalue weighted by molar-refractivity contribution is 5.81. The third-order valence-electron chi connectivity index (χ3n) is 4.49. The minimum atomic E-state index is -0.251. The Morgan fingerprint density at radius 2 is 1.86 bits per heavy atom. The number of carbonyl (C=O) groups excluding carboxylic acids is 1. The molecular weight excluding hydrogens is 267 g/mol. The summed E-state index contributed by atoms with van der Waals surface area (Å²) in [6.07, 6.45) is 1.01. The first-order valence-electron chi connectivity index (χ1n) is 7.22. The van der Waals surface area contributed by atoms with E-state index in [4.69, 9.17) is 4.74 Å². The molecule has 0 saturated carbocycles. The van der Waals surface area contributed by atoms with E-state index < -0.39 is 0 Å². The van der Waals surface area contributed by atoms with Crippen LogP contribution in [0.2, 0.25) is 0 Å². The van der Waals surface area contributed by atoms with Crippen LogP contribution in [-0.4, -0.2) is 12.4 Å². The molecule has 2 nitrogen and oxygen atoms in total. The van der Waals surface area contributed by atoms with Crippen LogP contribution in [0, 0.1) is 5.82 Å². The maximum Gasteiger partial charge on any atom is 0.159 e. The second-order valence-corrected chi connectivity index (χ2v) is 5.80. The highest BCUT2D eigenvalue weighted by atomic mass is 19.1. The van der Waals surface area contributed by atoms with E-state index in [1.54, 1.807) is 6.07 Å². The number of hydrogen-bond donors (Lipinski definition) is 0. The summed E-state index contributed by atoms with van der Waals surface area (Å²) < 4.78 is 19.5. The molecule has 4 rings (SSSR count). The molecule has 0 radical (unpaired) electrons. The SMILES string of the molecule is O=C1CO[C@@H]2c3cc(F)ccc3Cc3ccccc3C2C1. The van der Waals surface area contributed by atoms with E-state index in [9.17, 15) is 9.18 Å². The number of hydrogen-bond acceptors (Lipinski definition) is 2. The van der Waals surface area contributed by atoms with Crippen molar-refractivity contribution in [2.75, 3.05) is 6.61 Å². The van der Waals surface area contributed by atoms with Crippen molar-refractivity contribution in [3.05, 3.63) is 70.5 Å². The van der Waals surface area contributed by atoms with Crippen LogP contribution in [-0.2, 0) is 16.0 Å². The highest BCUT2D eigenvalue weighted by Gasteiger charge is 2.37. The van der Waals surface area contributed by atoms with E-state index >= 15 is 0 Å². The molecule has 3 heteroatoms. The molecule has 2 aliphatic rings. The van der Waals surface area contributed by atoms with Crippen molar-refractivity contribution in [2.24, 2.45) is 0 Å². The van der Waals surface area contributed by atoms with Crippen LogP contribution in [0.5, 0.6) is 0 Å². The zero-order valence-corrected chi connectivity index (χ0v) is 11.5. The molecule has 0 N–H and O–H groups in total. The van der Waals surface area contributed by atoms with Gasteiger partial charge in [-0.05, 0) is 40.8 Å². The molecule has 1 heterocycles. The van der Waals surface area contributed by atoms with Crippen LogP contribution in [0.4, 0.5) is 4.39 Å². The van der Waals surface area contributed by atoms with Crippen molar-refractivity contribution >= 4 is 5.78 Å². The predicted octanol–water partition coefficient (Wildman–Crippen LogP) is 3.54. The molecule has 1 unspecified atom stereocenters. The molecule has 1 aliphatic carbocycles. The minimum Gasteiger partial charge on any atom is -0.365 e. The quantitative estimate of drug-likeness (QED) is 0.738. The smallest absolute Gasteiger partial charge is 0.159 e. The highest BCUT2D eigenvalue weighted by Crippen LogP contribution is 2.45. The van der Waals surface area contributed by atoms with Gasteiger partial charge in [0.05, 0.1) is 6.10 Å². The number of halogens is 1. The lowest BCUT2D eigenvalue weighted by Gasteiger charge is -2.31. The third-order valence-corrected chi connectivity index (χ3v) is 4.49. The molecule has 106 valence electrons. The number of fused-ring (bicyclic) bond motifs is 5. The Morgan fingerprint density at radius 1 is 1.05 bits per heavy atom. The molecule has 2 aromatic carbocycles. The molecule has 1 fully saturated rings. The molecule has 0 amide bonds. The summed E-state index contributed by atoms with van der Waals surface area (Å²) in [6.45, 7) is 0.124. The molecule has 21 heavy (non-hydrogen) atoms. The van der Waals surface area contributed by atoms with E-state index in [1.165, 1.54) is 11.6 Å². The van der Waals surface area contributed by atoms with Gasteiger partial charge >= 0.3 is 0 Å². The number of benzene rings is 2. The van der Waals surface area contributed by atoms with Gasteiger partial charge in [0.15, 0.2) is 5.78 Å². The first-order valence-corrected chi connectivity index (χ1v) is 7.22. The van der Waals surface area contributed by atoms with Crippen LogP contribution in [0.25, 0.3) is 0 Å². The number of rotatable bonds is 0. The molecule has 0 aromatic heterocycles. The number of ketones is 1. The molecule has 2 atom stereocenters. The van der Waals surface area contributed by atoms with Crippen molar-refractivity contribution in [2.45, 2.75) is 24.9 Å². The Bertz CT molecular complexity index is 723. The lowest BCUT2D eigenvalue weighted by molar-refractivity contribution is -0.133. The second-order valence-electron chi connectivity index (χ2n) is 5.80. The summed E-state index contributed by atoms with van der Waals surface area (Å²) >= 11 is 0. The zero-order valence-electron chi connectivity index (χ0n) is 11.5. The van der Waals surface area contributed by atoms with Crippen molar-refractivity contribution in [1.82, 2.24) is 0 Å². The standard InChI is InChI=1S/C18H15FO2/c19-13-6-5-12-7-11-3-1-2-4-15(11)17-9-14(20)10-21-18(17)16(12)8-13/h1-6,8,17-18H,7,9-10H2/t17?,18-/m1/s1. The van der Waals surface area contributed by atoms with E-state index in [1.807, 2.05) is 18.2 Å². The van der Waals surface area contributed by atoms with E-state index in [-0.39, 0.29) is 30.2 Å². The molecule has 1 aliphatic heterocycles. The maximum atomic E-state index is 13.7. The molecule has 1 saturated heterocycles.